The Morgan fingerprint density at radius 3 is 2.70 bits per heavy atom. The Hall–Kier alpha value is -3.71. The van der Waals surface area contributed by atoms with E-state index in [0.717, 1.165) is 27.5 Å². The molecule has 4 heterocycles. The SMILES string of the molecule is [C-]#[N+]C(C)(C)c1cc2cc[n+](C)c3c4c(C)ccc5c6cccnc6n(c(c1)c23)c54. The molecule has 6 aromatic rings. The second kappa shape index (κ2) is 5.46. The van der Waals surface area contributed by atoms with Crippen molar-refractivity contribution >= 4 is 49.1 Å². The van der Waals surface area contributed by atoms with E-state index in [1.54, 1.807) is 0 Å². The van der Waals surface area contributed by atoms with E-state index >= 15 is 0 Å². The maximum Gasteiger partial charge on any atom is 0.252 e. The van der Waals surface area contributed by atoms with Gasteiger partial charge in [0, 0.05) is 42.4 Å². The molecule has 0 aliphatic rings. The summed E-state index contributed by atoms with van der Waals surface area (Å²) in [4.78, 5) is 8.69. The number of hydrogen-bond donors (Lipinski definition) is 0. The fourth-order valence-corrected chi connectivity index (χ4v) is 4.94. The number of aryl methyl sites for hydroxylation is 2. The number of hydrogen-bond acceptors (Lipinski definition) is 1. The highest BCUT2D eigenvalue weighted by Crippen LogP contribution is 2.41. The first-order valence-electron chi connectivity index (χ1n) is 10.2. The van der Waals surface area contributed by atoms with E-state index in [4.69, 9.17) is 11.6 Å². The van der Waals surface area contributed by atoms with Gasteiger partial charge < -0.3 is 4.85 Å². The third-order valence-corrected chi connectivity index (χ3v) is 6.58. The van der Waals surface area contributed by atoms with E-state index in [1.165, 1.54) is 32.8 Å². The van der Waals surface area contributed by atoms with Crippen molar-refractivity contribution in [2.45, 2.75) is 26.3 Å². The maximum absolute atomic E-state index is 7.73. The van der Waals surface area contributed by atoms with Crippen LogP contribution in [0, 0.1) is 13.5 Å². The molecule has 144 valence electrons. The molecule has 0 unspecified atom stereocenters. The minimum absolute atomic E-state index is 0.592. The van der Waals surface area contributed by atoms with Gasteiger partial charge in [0.15, 0.2) is 6.20 Å². The molecule has 0 radical (unpaired) electrons. The maximum atomic E-state index is 7.73. The lowest BCUT2D eigenvalue weighted by Gasteiger charge is -2.17. The molecular weight excluding hydrogens is 368 g/mol. The van der Waals surface area contributed by atoms with Crippen LogP contribution in [-0.4, -0.2) is 9.38 Å². The molecule has 0 aliphatic heterocycles. The third-order valence-electron chi connectivity index (χ3n) is 6.58. The zero-order valence-corrected chi connectivity index (χ0v) is 17.5. The fourth-order valence-electron chi connectivity index (χ4n) is 4.94. The van der Waals surface area contributed by atoms with Gasteiger partial charge >= 0.3 is 0 Å². The Labute approximate surface area is 174 Å². The van der Waals surface area contributed by atoms with Gasteiger partial charge in [-0.05, 0) is 42.1 Å². The molecule has 0 spiro atoms. The molecule has 4 nitrogen and oxygen atoms in total. The third kappa shape index (κ3) is 1.95. The molecular formula is C26H21N4+. The van der Waals surface area contributed by atoms with Gasteiger partial charge in [0.2, 0.25) is 5.52 Å². The monoisotopic (exact) mass is 389 g/mol. The van der Waals surface area contributed by atoms with Crippen LogP contribution in [-0.2, 0) is 12.6 Å². The summed E-state index contributed by atoms with van der Waals surface area (Å²) in [6.45, 7) is 13.9. The van der Waals surface area contributed by atoms with Crippen molar-refractivity contribution in [2.24, 2.45) is 7.05 Å². The summed E-state index contributed by atoms with van der Waals surface area (Å²) in [6, 6.07) is 15.1. The minimum atomic E-state index is -0.592. The Kier molecular flexibility index (Phi) is 3.12. The molecule has 4 heteroatoms. The summed E-state index contributed by atoms with van der Waals surface area (Å²) in [6.07, 6.45) is 3.99. The summed E-state index contributed by atoms with van der Waals surface area (Å²) < 4.78 is 4.54. The predicted octanol–water partition coefficient (Wildman–Crippen LogP) is 5.67. The molecule has 30 heavy (non-hydrogen) atoms. The average Bonchev–Trinajstić information content (AvgIpc) is 3.09. The van der Waals surface area contributed by atoms with Gasteiger partial charge in [-0.15, -0.1) is 0 Å². The summed E-state index contributed by atoms with van der Waals surface area (Å²) in [7, 11) is 2.12. The molecule has 0 bridgehead atoms. The number of nitrogens with zero attached hydrogens (tertiary/aromatic N) is 4. The first-order chi connectivity index (χ1) is 14.4. The van der Waals surface area contributed by atoms with Crippen LogP contribution in [0.2, 0.25) is 0 Å². The molecule has 2 aromatic carbocycles. The van der Waals surface area contributed by atoms with Crippen molar-refractivity contribution < 1.29 is 4.57 Å². The van der Waals surface area contributed by atoms with Crippen molar-refractivity contribution in [3.63, 3.8) is 0 Å². The van der Waals surface area contributed by atoms with Crippen LogP contribution in [0.1, 0.15) is 25.0 Å². The van der Waals surface area contributed by atoms with Gasteiger partial charge in [0.25, 0.3) is 5.54 Å². The molecule has 4 aromatic heterocycles. The predicted molar refractivity (Wildman–Crippen MR) is 122 cm³/mol. The number of rotatable bonds is 1. The number of benzene rings is 2. The van der Waals surface area contributed by atoms with Gasteiger partial charge in [0.05, 0.1) is 21.8 Å². The van der Waals surface area contributed by atoms with E-state index in [-0.39, 0.29) is 0 Å². The summed E-state index contributed by atoms with van der Waals surface area (Å²) in [5.74, 6) is 0. The molecule has 0 aliphatic carbocycles. The highest BCUT2D eigenvalue weighted by Gasteiger charge is 2.30. The molecule has 0 atom stereocenters. The van der Waals surface area contributed by atoms with Crippen LogP contribution in [0.15, 0.2) is 54.9 Å². The molecule has 0 saturated heterocycles. The van der Waals surface area contributed by atoms with E-state index in [0.29, 0.717) is 0 Å². The summed E-state index contributed by atoms with van der Waals surface area (Å²) in [5, 5.41) is 6.02. The lowest BCUT2D eigenvalue weighted by Crippen LogP contribution is -2.29. The number of aromatic nitrogens is 3. The lowest BCUT2D eigenvalue weighted by molar-refractivity contribution is -0.643. The quantitative estimate of drug-likeness (QED) is 0.154. The first-order valence-corrected chi connectivity index (χ1v) is 10.2. The highest BCUT2D eigenvalue weighted by atomic mass is 15.0. The van der Waals surface area contributed by atoms with Gasteiger partial charge in [-0.2, -0.15) is 0 Å². The number of fused-ring (bicyclic) bond motifs is 5. The van der Waals surface area contributed by atoms with Crippen LogP contribution in [0.3, 0.4) is 0 Å². The molecule has 0 N–H and O–H groups in total. The Morgan fingerprint density at radius 2 is 1.90 bits per heavy atom. The zero-order chi connectivity index (χ0) is 20.8. The normalized spacial score (nSPS) is 12.6. The molecule has 6 rings (SSSR count). The average molecular weight is 389 g/mol. The zero-order valence-electron chi connectivity index (χ0n) is 17.5. The van der Waals surface area contributed by atoms with Crippen LogP contribution >= 0.6 is 0 Å². The van der Waals surface area contributed by atoms with E-state index < -0.39 is 5.54 Å². The van der Waals surface area contributed by atoms with E-state index in [1.807, 2.05) is 26.1 Å². The van der Waals surface area contributed by atoms with Crippen molar-refractivity contribution in [3.8, 4) is 0 Å². The largest absolute Gasteiger partial charge is 0.306 e. The standard InChI is InChI=1S/C26H21N4/c1-15-8-9-18-19-7-6-11-28-25(19)30-20-14-17(26(2,3)27-4)13-16-10-12-29(5)24(22(16)20)21(15)23(18)30/h6-14H,1-3,5H3/q+1. The van der Waals surface area contributed by atoms with Crippen LogP contribution in [0.4, 0.5) is 0 Å². The highest BCUT2D eigenvalue weighted by molar-refractivity contribution is 6.25. The van der Waals surface area contributed by atoms with E-state index in [2.05, 4.69) is 70.4 Å². The van der Waals surface area contributed by atoms with Crippen molar-refractivity contribution in [1.29, 1.82) is 0 Å². The fraction of sp³-hybridized carbons (Fsp3) is 0.192. The van der Waals surface area contributed by atoms with Gasteiger partial charge in [-0.1, -0.05) is 12.1 Å². The Balaban J connectivity index is 2.05. The van der Waals surface area contributed by atoms with Crippen molar-refractivity contribution in [2.75, 3.05) is 0 Å². The second-order valence-electron chi connectivity index (χ2n) is 8.77. The van der Waals surface area contributed by atoms with Crippen LogP contribution < -0.4 is 4.57 Å². The minimum Gasteiger partial charge on any atom is -0.306 e. The van der Waals surface area contributed by atoms with Gasteiger partial charge in [-0.3, -0.25) is 4.40 Å². The lowest BCUT2D eigenvalue weighted by atomic mass is 9.91. The van der Waals surface area contributed by atoms with Crippen molar-refractivity contribution in [1.82, 2.24) is 9.38 Å². The van der Waals surface area contributed by atoms with Gasteiger partial charge in [0.1, 0.15) is 12.7 Å². The molecule has 0 fully saturated rings. The van der Waals surface area contributed by atoms with Crippen LogP contribution in [0.25, 0.3) is 54.0 Å². The Bertz CT molecular complexity index is 1700. The van der Waals surface area contributed by atoms with E-state index in [9.17, 15) is 0 Å². The summed E-state index contributed by atoms with van der Waals surface area (Å²) >= 11 is 0. The van der Waals surface area contributed by atoms with Crippen molar-refractivity contribution in [3.05, 3.63) is 77.4 Å². The second-order valence-corrected chi connectivity index (χ2v) is 8.77. The first kappa shape index (κ1) is 17.2. The topological polar surface area (TPSA) is 25.5 Å². The molecule has 0 saturated carbocycles. The van der Waals surface area contributed by atoms with Crippen LogP contribution in [0.5, 0.6) is 0 Å². The summed E-state index contributed by atoms with van der Waals surface area (Å²) in [5.41, 5.74) is 6.21. The smallest absolute Gasteiger partial charge is 0.252 e. The number of pyridine rings is 3. The molecule has 0 amide bonds. The van der Waals surface area contributed by atoms with Gasteiger partial charge in [-0.25, -0.2) is 16.1 Å². The Morgan fingerprint density at radius 1 is 1.07 bits per heavy atom.